The van der Waals surface area contributed by atoms with Crippen molar-refractivity contribution in [2.24, 2.45) is 0 Å². The van der Waals surface area contributed by atoms with Crippen molar-refractivity contribution in [2.75, 3.05) is 0 Å². The van der Waals surface area contributed by atoms with Crippen LogP contribution in [0.5, 0.6) is 0 Å². The standard InChI is InChI=1S/C15H23FO/c1-2-3-4-5-6-7-11-15(17)13-9-8-10-14(16)12-13/h8-10,12,15,17H,2-7,11H2,1H3. The predicted octanol–water partition coefficient (Wildman–Crippen LogP) is 4.61. The van der Waals surface area contributed by atoms with Crippen molar-refractivity contribution in [1.29, 1.82) is 0 Å². The maximum absolute atomic E-state index is 12.9. The number of halogens is 1. The van der Waals surface area contributed by atoms with E-state index in [4.69, 9.17) is 0 Å². The van der Waals surface area contributed by atoms with Gasteiger partial charge in [0.2, 0.25) is 0 Å². The summed E-state index contributed by atoms with van der Waals surface area (Å²) in [6, 6.07) is 6.25. The van der Waals surface area contributed by atoms with E-state index in [2.05, 4.69) is 6.92 Å². The molecule has 2 heteroatoms. The second-order valence-corrected chi connectivity index (χ2v) is 4.63. The van der Waals surface area contributed by atoms with Gasteiger partial charge < -0.3 is 5.11 Å². The van der Waals surface area contributed by atoms with Crippen molar-refractivity contribution in [3.63, 3.8) is 0 Å². The van der Waals surface area contributed by atoms with Crippen LogP contribution in [0.1, 0.15) is 63.5 Å². The van der Waals surface area contributed by atoms with Crippen molar-refractivity contribution < 1.29 is 9.50 Å². The summed E-state index contributed by atoms with van der Waals surface area (Å²) in [5.41, 5.74) is 0.693. The Labute approximate surface area is 104 Å². The molecule has 1 aromatic carbocycles. The molecule has 1 unspecified atom stereocenters. The Kier molecular flexibility index (Phi) is 6.87. The lowest BCUT2D eigenvalue weighted by Gasteiger charge is -2.10. The van der Waals surface area contributed by atoms with Gasteiger partial charge in [-0.25, -0.2) is 4.39 Å². The van der Waals surface area contributed by atoms with Crippen molar-refractivity contribution in [3.05, 3.63) is 35.6 Å². The number of unbranched alkanes of at least 4 members (excludes halogenated alkanes) is 5. The highest BCUT2D eigenvalue weighted by Gasteiger charge is 2.07. The van der Waals surface area contributed by atoms with E-state index in [9.17, 15) is 9.50 Å². The molecule has 0 amide bonds. The molecule has 17 heavy (non-hydrogen) atoms. The largest absolute Gasteiger partial charge is 0.388 e. The highest BCUT2D eigenvalue weighted by atomic mass is 19.1. The van der Waals surface area contributed by atoms with E-state index in [-0.39, 0.29) is 5.82 Å². The molecule has 0 spiro atoms. The molecule has 1 atom stereocenters. The van der Waals surface area contributed by atoms with Crippen LogP contribution in [-0.4, -0.2) is 5.11 Å². The van der Waals surface area contributed by atoms with Crippen molar-refractivity contribution in [2.45, 2.75) is 58.0 Å². The predicted molar refractivity (Wildman–Crippen MR) is 69.4 cm³/mol. The van der Waals surface area contributed by atoms with Gasteiger partial charge in [0.25, 0.3) is 0 Å². The lowest BCUT2D eigenvalue weighted by atomic mass is 10.0. The van der Waals surface area contributed by atoms with Gasteiger partial charge in [0.05, 0.1) is 6.10 Å². The van der Waals surface area contributed by atoms with Crippen molar-refractivity contribution in [1.82, 2.24) is 0 Å². The van der Waals surface area contributed by atoms with E-state index >= 15 is 0 Å². The molecule has 0 heterocycles. The van der Waals surface area contributed by atoms with Crippen LogP contribution in [-0.2, 0) is 0 Å². The third kappa shape index (κ3) is 5.83. The molecule has 1 N–H and O–H groups in total. The third-order valence-corrected chi connectivity index (χ3v) is 3.06. The topological polar surface area (TPSA) is 20.2 Å². The first kappa shape index (κ1) is 14.2. The summed E-state index contributed by atoms with van der Waals surface area (Å²) < 4.78 is 12.9. The lowest BCUT2D eigenvalue weighted by molar-refractivity contribution is 0.163. The fourth-order valence-corrected chi connectivity index (χ4v) is 2.00. The maximum Gasteiger partial charge on any atom is 0.123 e. The van der Waals surface area contributed by atoms with Gasteiger partial charge in [-0.15, -0.1) is 0 Å². The van der Waals surface area contributed by atoms with Crippen LogP contribution >= 0.6 is 0 Å². The number of hydrogen-bond donors (Lipinski definition) is 1. The zero-order valence-electron chi connectivity index (χ0n) is 10.7. The Hall–Kier alpha value is -0.890. The van der Waals surface area contributed by atoms with Gasteiger partial charge in [-0.05, 0) is 24.1 Å². The van der Waals surface area contributed by atoms with Gasteiger partial charge >= 0.3 is 0 Å². The molecule has 0 bridgehead atoms. The summed E-state index contributed by atoms with van der Waals surface area (Å²) >= 11 is 0. The van der Waals surface area contributed by atoms with Gasteiger partial charge in [-0.2, -0.15) is 0 Å². The number of hydrogen-bond acceptors (Lipinski definition) is 1. The minimum absolute atomic E-state index is 0.274. The minimum Gasteiger partial charge on any atom is -0.388 e. The molecule has 0 radical (unpaired) electrons. The molecule has 0 aliphatic heterocycles. The van der Waals surface area contributed by atoms with Crippen LogP contribution < -0.4 is 0 Å². The molecule has 0 aliphatic rings. The van der Waals surface area contributed by atoms with E-state index in [1.807, 2.05) is 0 Å². The second-order valence-electron chi connectivity index (χ2n) is 4.63. The summed E-state index contributed by atoms with van der Waals surface area (Å²) in [6.07, 6.45) is 7.47. The van der Waals surface area contributed by atoms with E-state index in [0.717, 1.165) is 19.3 Å². The first-order valence-corrected chi connectivity index (χ1v) is 6.67. The average Bonchev–Trinajstić information content (AvgIpc) is 2.33. The number of aliphatic hydroxyl groups excluding tert-OH is 1. The molecular formula is C15H23FO. The van der Waals surface area contributed by atoms with Crippen LogP contribution in [0.15, 0.2) is 24.3 Å². The van der Waals surface area contributed by atoms with Gasteiger partial charge in [-0.3, -0.25) is 0 Å². The quantitative estimate of drug-likeness (QED) is 0.656. The summed E-state index contributed by atoms with van der Waals surface area (Å²) in [6.45, 7) is 2.20. The van der Waals surface area contributed by atoms with Crippen LogP contribution in [0.3, 0.4) is 0 Å². The third-order valence-electron chi connectivity index (χ3n) is 3.06. The lowest BCUT2D eigenvalue weighted by Crippen LogP contribution is -1.97. The van der Waals surface area contributed by atoms with E-state index < -0.39 is 6.10 Å². The highest BCUT2D eigenvalue weighted by Crippen LogP contribution is 2.20. The van der Waals surface area contributed by atoms with Crippen LogP contribution in [0.4, 0.5) is 4.39 Å². The number of aliphatic hydroxyl groups is 1. The van der Waals surface area contributed by atoms with Gasteiger partial charge in [0, 0.05) is 0 Å². The number of benzene rings is 1. The van der Waals surface area contributed by atoms with Crippen LogP contribution in [0.25, 0.3) is 0 Å². The molecule has 0 aliphatic carbocycles. The van der Waals surface area contributed by atoms with E-state index in [0.29, 0.717) is 5.56 Å². The normalized spacial score (nSPS) is 12.6. The zero-order valence-corrected chi connectivity index (χ0v) is 10.7. The molecular weight excluding hydrogens is 215 g/mol. The van der Waals surface area contributed by atoms with Gasteiger partial charge in [0.1, 0.15) is 5.82 Å². The molecule has 96 valence electrons. The van der Waals surface area contributed by atoms with Gasteiger partial charge in [-0.1, -0.05) is 57.6 Å². The molecule has 1 aromatic rings. The van der Waals surface area contributed by atoms with Crippen molar-refractivity contribution in [3.8, 4) is 0 Å². The fourth-order valence-electron chi connectivity index (χ4n) is 2.00. The Morgan fingerprint density at radius 2 is 1.82 bits per heavy atom. The maximum atomic E-state index is 12.9. The smallest absolute Gasteiger partial charge is 0.123 e. The number of rotatable bonds is 8. The Bertz CT molecular complexity index is 312. The average molecular weight is 238 g/mol. The Morgan fingerprint density at radius 1 is 1.12 bits per heavy atom. The summed E-state index contributed by atoms with van der Waals surface area (Å²) in [7, 11) is 0. The highest BCUT2D eigenvalue weighted by molar-refractivity contribution is 5.18. The molecule has 1 rings (SSSR count). The SMILES string of the molecule is CCCCCCCCC(O)c1cccc(F)c1. The Morgan fingerprint density at radius 3 is 2.53 bits per heavy atom. The molecule has 1 nitrogen and oxygen atoms in total. The molecule has 0 aromatic heterocycles. The summed E-state index contributed by atoms with van der Waals surface area (Å²) in [4.78, 5) is 0. The first-order valence-electron chi connectivity index (χ1n) is 6.67. The Balaban J connectivity index is 2.19. The van der Waals surface area contributed by atoms with Crippen LogP contribution in [0.2, 0.25) is 0 Å². The first-order chi connectivity index (χ1) is 8.24. The monoisotopic (exact) mass is 238 g/mol. The summed E-state index contributed by atoms with van der Waals surface area (Å²) in [5, 5.41) is 9.88. The van der Waals surface area contributed by atoms with E-state index in [1.54, 1.807) is 12.1 Å². The second kappa shape index (κ2) is 8.24. The van der Waals surface area contributed by atoms with Crippen LogP contribution in [0, 0.1) is 5.82 Å². The van der Waals surface area contributed by atoms with Crippen molar-refractivity contribution >= 4 is 0 Å². The fraction of sp³-hybridized carbons (Fsp3) is 0.600. The molecule has 0 saturated carbocycles. The summed E-state index contributed by atoms with van der Waals surface area (Å²) in [5.74, 6) is -0.274. The van der Waals surface area contributed by atoms with E-state index in [1.165, 1.54) is 37.8 Å². The molecule has 0 saturated heterocycles. The minimum atomic E-state index is -0.517. The zero-order chi connectivity index (χ0) is 12.5. The molecule has 0 fully saturated rings. The van der Waals surface area contributed by atoms with Gasteiger partial charge in [0.15, 0.2) is 0 Å².